The van der Waals surface area contributed by atoms with E-state index in [4.69, 9.17) is 31.2 Å². The van der Waals surface area contributed by atoms with Crippen LogP contribution in [0.2, 0.25) is 0 Å². The zero-order valence-electron chi connectivity index (χ0n) is 19.6. The lowest BCUT2D eigenvalue weighted by Gasteiger charge is -2.12. The lowest BCUT2D eigenvalue weighted by molar-refractivity contribution is -0.123. The highest BCUT2D eigenvalue weighted by Crippen LogP contribution is 2.13. The average molecular weight is 504 g/mol. The molecule has 0 spiro atoms. The number of nitrogens with one attached hydrogen (secondary N) is 3. The maximum atomic E-state index is 12.3. The lowest BCUT2D eigenvalue weighted by Crippen LogP contribution is -2.49. The van der Waals surface area contributed by atoms with Gasteiger partial charge in [0.25, 0.3) is 11.8 Å². The van der Waals surface area contributed by atoms with Gasteiger partial charge in [0.15, 0.2) is 11.7 Å². The predicted octanol–water partition coefficient (Wildman–Crippen LogP) is 2.38. The van der Waals surface area contributed by atoms with E-state index in [1.807, 2.05) is 13.8 Å². The van der Waals surface area contributed by atoms with Crippen LogP contribution in [0.1, 0.15) is 41.0 Å². The van der Waals surface area contributed by atoms with Crippen molar-refractivity contribution in [3.05, 3.63) is 59.7 Å². The van der Waals surface area contributed by atoms with Gasteiger partial charge in [0.1, 0.15) is 18.1 Å². The molecule has 2 aromatic rings. The van der Waals surface area contributed by atoms with Gasteiger partial charge in [-0.15, -0.1) is 0 Å². The topological polar surface area (TPSA) is 124 Å². The standard InChI is InChI=1S/C24H29N3O7S/c1-3-13-33-23(30)18-7-11-20(12-8-18)34-16-21(28)26-27-24(35)25-22(29)17-5-9-19(10-6-17)32-15-14-31-4-2/h5-12H,3-4,13-16H2,1-2H3,(H,26,28)(H2,25,27,29,35). The first-order chi connectivity index (χ1) is 16.9. The van der Waals surface area contributed by atoms with E-state index in [0.717, 1.165) is 6.42 Å². The summed E-state index contributed by atoms with van der Waals surface area (Å²) in [5, 5.41) is 2.37. The third-order valence-corrected chi connectivity index (χ3v) is 4.46. The van der Waals surface area contributed by atoms with Gasteiger partial charge in [-0.1, -0.05) is 6.92 Å². The first-order valence-electron chi connectivity index (χ1n) is 11.0. The monoisotopic (exact) mass is 503 g/mol. The van der Waals surface area contributed by atoms with Crippen molar-refractivity contribution in [3.8, 4) is 11.5 Å². The molecule has 0 fully saturated rings. The molecule has 0 bridgehead atoms. The average Bonchev–Trinajstić information content (AvgIpc) is 2.88. The van der Waals surface area contributed by atoms with Crippen molar-refractivity contribution in [1.82, 2.24) is 16.2 Å². The summed E-state index contributed by atoms with van der Waals surface area (Å²) in [4.78, 5) is 36.0. The van der Waals surface area contributed by atoms with Crippen molar-refractivity contribution >= 4 is 35.1 Å². The van der Waals surface area contributed by atoms with E-state index in [9.17, 15) is 14.4 Å². The summed E-state index contributed by atoms with van der Waals surface area (Å²) >= 11 is 5.02. The smallest absolute Gasteiger partial charge is 0.338 e. The van der Waals surface area contributed by atoms with Crippen LogP contribution >= 0.6 is 12.2 Å². The summed E-state index contributed by atoms with van der Waals surface area (Å²) in [6.07, 6.45) is 0.738. The summed E-state index contributed by atoms with van der Waals surface area (Å²) in [5.41, 5.74) is 5.52. The summed E-state index contributed by atoms with van der Waals surface area (Å²) in [6.45, 7) is 5.37. The molecule has 0 radical (unpaired) electrons. The van der Waals surface area contributed by atoms with Crippen LogP contribution in [-0.4, -0.2) is 55.9 Å². The first-order valence-corrected chi connectivity index (χ1v) is 11.4. The lowest BCUT2D eigenvalue weighted by atomic mass is 10.2. The van der Waals surface area contributed by atoms with Gasteiger partial charge >= 0.3 is 5.97 Å². The second-order valence-corrected chi connectivity index (χ2v) is 7.38. The molecule has 0 unspecified atom stereocenters. The molecule has 0 aromatic heterocycles. The molecule has 0 atom stereocenters. The molecular weight excluding hydrogens is 474 g/mol. The van der Waals surface area contributed by atoms with Gasteiger partial charge in [-0.25, -0.2) is 4.79 Å². The first kappa shape index (κ1) is 27.5. The Morgan fingerprint density at radius 2 is 1.43 bits per heavy atom. The normalized spacial score (nSPS) is 10.1. The molecule has 0 heterocycles. The van der Waals surface area contributed by atoms with E-state index in [2.05, 4.69) is 16.2 Å². The minimum atomic E-state index is -0.526. The van der Waals surface area contributed by atoms with E-state index in [0.29, 0.717) is 49.1 Å². The summed E-state index contributed by atoms with van der Waals surface area (Å²) in [5.74, 6) is -0.389. The minimum absolute atomic E-state index is 0.0877. The third-order valence-electron chi connectivity index (χ3n) is 4.26. The second kappa shape index (κ2) is 15.3. The van der Waals surface area contributed by atoms with E-state index in [1.165, 1.54) is 0 Å². The van der Waals surface area contributed by atoms with Crippen LogP contribution in [0.5, 0.6) is 11.5 Å². The molecule has 35 heavy (non-hydrogen) atoms. The molecule has 2 amide bonds. The van der Waals surface area contributed by atoms with Crippen molar-refractivity contribution in [2.24, 2.45) is 0 Å². The fourth-order valence-corrected chi connectivity index (χ4v) is 2.69. The highest BCUT2D eigenvalue weighted by atomic mass is 32.1. The van der Waals surface area contributed by atoms with Crippen molar-refractivity contribution in [2.75, 3.05) is 33.0 Å². The number of thiocarbonyl (C=S) groups is 1. The summed E-state index contributed by atoms with van der Waals surface area (Å²) in [6, 6.07) is 12.7. The van der Waals surface area contributed by atoms with E-state index < -0.39 is 17.8 Å². The number of hydrazine groups is 1. The van der Waals surface area contributed by atoms with Gasteiger partial charge in [0.05, 0.1) is 18.8 Å². The molecule has 2 rings (SSSR count). The molecular formula is C24H29N3O7S. The summed E-state index contributed by atoms with van der Waals surface area (Å²) in [7, 11) is 0. The Morgan fingerprint density at radius 1 is 0.800 bits per heavy atom. The molecule has 10 nitrogen and oxygen atoms in total. The fraction of sp³-hybridized carbons (Fsp3) is 0.333. The maximum Gasteiger partial charge on any atom is 0.338 e. The molecule has 188 valence electrons. The number of carbonyl (C=O) groups excluding carboxylic acids is 3. The number of esters is 1. The quantitative estimate of drug-likeness (QED) is 0.173. The molecule has 0 saturated carbocycles. The van der Waals surface area contributed by atoms with Gasteiger partial charge in [0.2, 0.25) is 0 Å². The van der Waals surface area contributed by atoms with Crippen LogP contribution in [0.4, 0.5) is 0 Å². The Labute approximate surface area is 209 Å². The fourth-order valence-electron chi connectivity index (χ4n) is 2.55. The number of carbonyl (C=O) groups is 3. The van der Waals surface area contributed by atoms with Gasteiger partial charge in [0, 0.05) is 12.2 Å². The van der Waals surface area contributed by atoms with Gasteiger partial charge in [-0.05, 0) is 74.1 Å². The van der Waals surface area contributed by atoms with Crippen molar-refractivity contribution in [2.45, 2.75) is 20.3 Å². The molecule has 0 saturated heterocycles. The van der Waals surface area contributed by atoms with Gasteiger partial charge < -0.3 is 18.9 Å². The zero-order chi connectivity index (χ0) is 25.5. The Balaban J connectivity index is 1.68. The van der Waals surface area contributed by atoms with Gasteiger partial charge in [-0.3, -0.25) is 25.8 Å². The molecule has 0 aliphatic carbocycles. The number of rotatable bonds is 12. The highest BCUT2D eigenvalue weighted by Gasteiger charge is 2.10. The molecule has 3 N–H and O–H groups in total. The van der Waals surface area contributed by atoms with Crippen molar-refractivity contribution in [3.63, 3.8) is 0 Å². The molecule has 0 aliphatic heterocycles. The SMILES string of the molecule is CCCOC(=O)c1ccc(OCC(=O)NNC(=S)NC(=O)c2ccc(OCCOCC)cc2)cc1. The molecule has 0 aliphatic rings. The number of benzene rings is 2. The van der Waals surface area contributed by atoms with Gasteiger partial charge in [-0.2, -0.15) is 0 Å². The summed E-state index contributed by atoms with van der Waals surface area (Å²) < 4.78 is 21.1. The second-order valence-electron chi connectivity index (χ2n) is 6.98. The molecule has 11 heteroatoms. The Hall–Kier alpha value is -3.70. The van der Waals surface area contributed by atoms with Crippen LogP contribution in [0.25, 0.3) is 0 Å². The largest absolute Gasteiger partial charge is 0.491 e. The van der Waals surface area contributed by atoms with Crippen LogP contribution in [0.3, 0.4) is 0 Å². The Bertz CT molecular complexity index is 982. The number of amides is 2. The van der Waals surface area contributed by atoms with E-state index in [-0.39, 0.29) is 11.7 Å². The number of ether oxygens (including phenoxy) is 4. The number of hydrogen-bond acceptors (Lipinski definition) is 8. The molecule has 2 aromatic carbocycles. The Kier molecular flexibility index (Phi) is 12.0. The van der Waals surface area contributed by atoms with Crippen LogP contribution in [0, 0.1) is 0 Å². The highest BCUT2D eigenvalue weighted by molar-refractivity contribution is 7.80. The van der Waals surface area contributed by atoms with Crippen LogP contribution < -0.4 is 25.6 Å². The van der Waals surface area contributed by atoms with Crippen LogP contribution in [0.15, 0.2) is 48.5 Å². The maximum absolute atomic E-state index is 12.3. The number of hydrogen-bond donors (Lipinski definition) is 3. The zero-order valence-corrected chi connectivity index (χ0v) is 20.4. The van der Waals surface area contributed by atoms with Crippen LogP contribution in [-0.2, 0) is 14.3 Å². The van der Waals surface area contributed by atoms with E-state index in [1.54, 1.807) is 48.5 Å². The Morgan fingerprint density at radius 3 is 2.06 bits per heavy atom. The van der Waals surface area contributed by atoms with E-state index >= 15 is 0 Å². The van der Waals surface area contributed by atoms with Crippen molar-refractivity contribution in [1.29, 1.82) is 0 Å². The third kappa shape index (κ3) is 10.4. The predicted molar refractivity (Wildman–Crippen MR) is 132 cm³/mol. The van der Waals surface area contributed by atoms with Crippen molar-refractivity contribution < 1.29 is 33.3 Å². The minimum Gasteiger partial charge on any atom is -0.491 e.